The number of carbonyl (C=O) groups excluding carboxylic acids is 1. The van der Waals surface area contributed by atoms with E-state index in [4.69, 9.17) is 17.0 Å². The number of pyridine rings is 1. The number of aromatic nitrogens is 1. The summed E-state index contributed by atoms with van der Waals surface area (Å²) in [7, 11) is 1.50. The molecule has 0 radical (unpaired) electrons. The van der Waals surface area contributed by atoms with Gasteiger partial charge in [-0.15, -0.1) is 11.3 Å². The number of hydrogen-bond acceptors (Lipinski definition) is 5. The highest BCUT2D eigenvalue weighted by Gasteiger charge is 2.41. The van der Waals surface area contributed by atoms with E-state index in [0.29, 0.717) is 5.11 Å². The topological polar surface area (TPSA) is 66.5 Å². The molecule has 2 unspecified atom stereocenters. The molecular formula is C23H24N4O2S2. The minimum atomic E-state index is -0.182. The maximum absolute atomic E-state index is 11.9. The molecule has 160 valence electrons. The van der Waals surface area contributed by atoms with Crippen LogP contribution in [0.4, 0.5) is 11.4 Å². The molecule has 1 amide bonds. The third kappa shape index (κ3) is 4.46. The first kappa shape index (κ1) is 21.4. The van der Waals surface area contributed by atoms with Crippen LogP contribution in [0, 0.1) is 13.8 Å². The summed E-state index contributed by atoms with van der Waals surface area (Å²) >= 11 is 7.53. The largest absolute Gasteiger partial charge is 0.375 e. The number of nitrogens with one attached hydrogen (secondary N) is 2. The molecule has 8 heteroatoms. The molecule has 2 N–H and O–H groups in total. The van der Waals surface area contributed by atoms with Gasteiger partial charge in [0.2, 0.25) is 5.91 Å². The molecule has 0 bridgehead atoms. The standard InChI is InChI=1S/C23H24N4O2S2/c1-14-12-16(8-9-17(14)25-20(28)13-29-3)27-22(19-10-7-15(2)31-19)21(26-23(27)30)18-6-4-5-11-24-18/h4-12,21-22H,13H2,1-3H3,(H,25,28)(H,26,30). The van der Waals surface area contributed by atoms with Crippen LogP contribution in [0.2, 0.25) is 0 Å². The van der Waals surface area contributed by atoms with Crippen molar-refractivity contribution in [2.45, 2.75) is 25.9 Å². The molecule has 1 fully saturated rings. The van der Waals surface area contributed by atoms with Gasteiger partial charge >= 0.3 is 0 Å². The van der Waals surface area contributed by atoms with Gasteiger partial charge in [-0.2, -0.15) is 0 Å². The maximum Gasteiger partial charge on any atom is 0.250 e. The van der Waals surface area contributed by atoms with E-state index in [1.807, 2.05) is 43.3 Å². The van der Waals surface area contributed by atoms with Gasteiger partial charge in [0.25, 0.3) is 0 Å². The van der Waals surface area contributed by atoms with E-state index in [1.54, 1.807) is 17.5 Å². The van der Waals surface area contributed by atoms with Gasteiger partial charge in [0.05, 0.1) is 17.8 Å². The molecule has 6 nitrogen and oxygen atoms in total. The summed E-state index contributed by atoms with van der Waals surface area (Å²) in [4.78, 5) is 21.1. The van der Waals surface area contributed by atoms with Crippen molar-refractivity contribution in [2.75, 3.05) is 23.9 Å². The molecule has 1 aliphatic heterocycles. The Morgan fingerprint density at radius 1 is 1.26 bits per heavy atom. The molecular weight excluding hydrogens is 428 g/mol. The lowest BCUT2D eigenvalue weighted by Crippen LogP contribution is -2.29. The highest BCUT2D eigenvalue weighted by Crippen LogP contribution is 2.44. The minimum absolute atomic E-state index is 0.0190. The lowest BCUT2D eigenvalue weighted by molar-refractivity contribution is -0.119. The Balaban J connectivity index is 1.71. The van der Waals surface area contributed by atoms with E-state index in [-0.39, 0.29) is 24.6 Å². The van der Waals surface area contributed by atoms with Crippen molar-refractivity contribution >= 4 is 45.9 Å². The van der Waals surface area contributed by atoms with Gasteiger partial charge in [-0.3, -0.25) is 9.78 Å². The Labute approximate surface area is 191 Å². The predicted molar refractivity (Wildman–Crippen MR) is 129 cm³/mol. The van der Waals surface area contributed by atoms with Crippen molar-refractivity contribution in [2.24, 2.45) is 0 Å². The number of thiophene rings is 1. The number of amides is 1. The number of methoxy groups -OCH3 is 1. The summed E-state index contributed by atoms with van der Waals surface area (Å²) in [5.74, 6) is -0.182. The summed E-state index contributed by atoms with van der Waals surface area (Å²) < 4.78 is 4.90. The maximum atomic E-state index is 11.9. The first-order valence-corrected chi connectivity index (χ1v) is 11.2. The Bertz CT molecular complexity index is 1100. The normalized spacial score (nSPS) is 18.2. The van der Waals surface area contributed by atoms with Crippen LogP contribution >= 0.6 is 23.6 Å². The van der Waals surface area contributed by atoms with Crippen LogP contribution < -0.4 is 15.5 Å². The van der Waals surface area contributed by atoms with Gasteiger partial charge in [-0.25, -0.2) is 0 Å². The lowest BCUT2D eigenvalue weighted by atomic mass is 10.0. The molecule has 2 aromatic heterocycles. The molecule has 0 aliphatic carbocycles. The van der Waals surface area contributed by atoms with Crippen LogP contribution in [-0.4, -0.2) is 29.7 Å². The number of aryl methyl sites for hydroxylation is 2. The van der Waals surface area contributed by atoms with Crippen molar-refractivity contribution in [3.63, 3.8) is 0 Å². The zero-order valence-electron chi connectivity index (χ0n) is 17.6. The number of thiocarbonyl (C=S) groups is 1. The second kappa shape index (κ2) is 9.13. The SMILES string of the molecule is COCC(=O)Nc1ccc(N2C(=S)NC(c3ccccn3)C2c2ccc(C)s2)cc1C. The Morgan fingerprint density at radius 2 is 2.10 bits per heavy atom. The van der Waals surface area contributed by atoms with Gasteiger partial charge in [0.15, 0.2) is 5.11 Å². The Morgan fingerprint density at radius 3 is 2.74 bits per heavy atom. The van der Waals surface area contributed by atoms with Crippen molar-refractivity contribution in [3.8, 4) is 0 Å². The van der Waals surface area contributed by atoms with Crippen LogP contribution in [0.1, 0.15) is 33.1 Å². The molecule has 1 aromatic carbocycles. The molecule has 1 aliphatic rings. The highest BCUT2D eigenvalue weighted by molar-refractivity contribution is 7.80. The predicted octanol–water partition coefficient (Wildman–Crippen LogP) is 4.52. The quantitative estimate of drug-likeness (QED) is 0.536. The first-order chi connectivity index (χ1) is 15.0. The number of nitrogens with zero attached hydrogens (tertiary/aromatic N) is 2. The van der Waals surface area contributed by atoms with Crippen LogP contribution in [0.5, 0.6) is 0 Å². The molecule has 0 spiro atoms. The van der Waals surface area contributed by atoms with E-state index in [9.17, 15) is 4.79 Å². The summed E-state index contributed by atoms with van der Waals surface area (Å²) in [5, 5.41) is 7.01. The Kier molecular flexibility index (Phi) is 6.31. The number of anilines is 2. The smallest absolute Gasteiger partial charge is 0.250 e. The van der Waals surface area contributed by atoms with E-state index >= 15 is 0 Å². The summed E-state index contributed by atoms with van der Waals surface area (Å²) in [6.45, 7) is 4.10. The minimum Gasteiger partial charge on any atom is -0.375 e. The number of benzene rings is 1. The van der Waals surface area contributed by atoms with Crippen molar-refractivity contribution in [3.05, 3.63) is 75.7 Å². The molecule has 2 atom stereocenters. The third-order valence-corrected chi connectivity index (χ3v) is 6.57. The average Bonchev–Trinajstić information content (AvgIpc) is 3.33. The van der Waals surface area contributed by atoms with Gasteiger partial charge in [0.1, 0.15) is 6.61 Å². The first-order valence-electron chi connectivity index (χ1n) is 9.94. The zero-order valence-corrected chi connectivity index (χ0v) is 19.2. The molecule has 31 heavy (non-hydrogen) atoms. The third-order valence-electron chi connectivity index (χ3n) is 5.19. The average molecular weight is 453 g/mol. The highest BCUT2D eigenvalue weighted by atomic mass is 32.1. The second-order valence-corrected chi connectivity index (χ2v) is 9.13. The van der Waals surface area contributed by atoms with Crippen LogP contribution in [0.25, 0.3) is 0 Å². The fraction of sp³-hybridized carbons (Fsp3) is 0.261. The van der Waals surface area contributed by atoms with E-state index in [2.05, 4.69) is 39.6 Å². The molecule has 3 aromatic rings. The van der Waals surface area contributed by atoms with Gasteiger partial charge in [-0.1, -0.05) is 6.07 Å². The summed E-state index contributed by atoms with van der Waals surface area (Å²) in [6, 6.07) is 16.1. The van der Waals surface area contributed by atoms with E-state index < -0.39 is 0 Å². The lowest BCUT2D eigenvalue weighted by Gasteiger charge is -2.27. The van der Waals surface area contributed by atoms with Crippen molar-refractivity contribution in [1.29, 1.82) is 0 Å². The van der Waals surface area contributed by atoms with Crippen molar-refractivity contribution in [1.82, 2.24) is 10.3 Å². The van der Waals surface area contributed by atoms with E-state index in [0.717, 1.165) is 22.6 Å². The molecule has 0 saturated carbocycles. The van der Waals surface area contributed by atoms with E-state index in [1.165, 1.54) is 16.9 Å². The number of carbonyl (C=O) groups is 1. The number of ether oxygens (including phenoxy) is 1. The van der Waals surface area contributed by atoms with Gasteiger partial charge < -0.3 is 20.3 Å². The van der Waals surface area contributed by atoms with Crippen LogP contribution in [-0.2, 0) is 9.53 Å². The zero-order chi connectivity index (χ0) is 22.0. The summed E-state index contributed by atoms with van der Waals surface area (Å²) in [5.41, 5.74) is 3.62. The number of hydrogen-bond donors (Lipinski definition) is 2. The molecule has 4 rings (SSSR count). The molecule has 1 saturated heterocycles. The monoisotopic (exact) mass is 452 g/mol. The number of rotatable bonds is 6. The fourth-order valence-electron chi connectivity index (χ4n) is 3.79. The fourth-order valence-corrected chi connectivity index (χ4v) is 5.14. The van der Waals surface area contributed by atoms with Crippen LogP contribution in [0.3, 0.4) is 0 Å². The second-order valence-electron chi connectivity index (χ2n) is 7.43. The van der Waals surface area contributed by atoms with Crippen LogP contribution in [0.15, 0.2) is 54.7 Å². The van der Waals surface area contributed by atoms with Crippen molar-refractivity contribution < 1.29 is 9.53 Å². The Hall–Kier alpha value is -2.81. The molecule has 3 heterocycles. The summed E-state index contributed by atoms with van der Waals surface area (Å²) in [6.07, 6.45) is 1.81. The van der Waals surface area contributed by atoms with Gasteiger partial charge in [0, 0.05) is 34.4 Å². The van der Waals surface area contributed by atoms with Gasteiger partial charge in [-0.05, 0) is 74.1 Å².